The van der Waals surface area contributed by atoms with Crippen LogP contribution in [0.5, 0.6) is 0 Å². The third-order valence-corrected chi connectivity index (χ3v) is 3.32. The Labute approximate surface area is 111 Å². The molecule has 1 aliphatic heterocycles. The number of aliphatic hydroxyl groups excluding tert-OH is 1. The van der Waals surface area contributed by atoms with Gasteiger partial charge in [-0.1, -0.05) is 0 Å². The maximum atomic E-state index is 11.9. The van der Waals surface area contributed by atoms with Crippen molar-refractivity contribution in [2.24, 2.45) is 5.92 Å². The van der Waals surface area contributed by atoms with Gasteiger partial charge in [0, 0.05) is 19.7 Å². The smallest absolute Gasteiger partial charge is 0.287 e. The van der Waals surface area contributed by atoms with Crippen LogP contribution in [0.15, 0.2) is 22.8 Å². The van der Waals surface area contributed by atoms with Gasteiger partial charge in [0.05, 0.1) is 12.8 Å². The number of nitrogens with one attached hydrogen (secondary N) is 1. The molecule has 0 aliphatic carbocycles. The lowest BCUT2D eigenvalue weighted by atomic mass is 10.1. The summed E-state index contributed by atoms with van der Waals surface area (Å²) in [6, 6.07) is 3.17. The Morgan fingerprint density at radius 1 is 1.53 bits per heavy atom. The standard InChI is InChI=1S/C13H18N2O4/c16-6-4-10-3-5-15(9-10)12(17)8-14-13(18)11-2-1-7-19-11/h1-2,7,10,16H,3-6,8-9H2,(H,14,18). The highest BCUT2D eigenvalue weighted by atomic mass is 16.3. The molecule has 1 aliphatic rings. The van der Waals surface area contributed by atoms with Gasteiger partial charge in [-0.2, -0.15) is 0 Å². The van der Waals surface area contributed by atoms with Gasteiger partial charge in [0.25, 0.3) is 5.91 Å². The number of aliphatic hydroxyl groups is 1. The molecule has 104 valence electrons. The van der Waals surface area contributed by atoms with Crippen LogP contribution >= 0.6 is 0 Å². The van der Waals surface area contributed by atoms with Gasteiger partial charge in [-0.05, 0) is 30.9 Å². The summed E-state index contributed by atoms with van der Waals surface area (Å²) in [5.41, 5.74) is 0. The molecule has 1 unspecified atom stereocenters. The van der Waals surface area contributed by atoms with E-state index in [-0.39, 0.29) is 30.7 Å². The maximum Gasteiger partial charge on any atom is 0.287 e. The molecule has 1 fully saturated rings. The average Bonchev–Trinajstić information content (AvgIpc) is 3.06. The molecule has 0 spiro atoms. The minimum absolute atomic E-state index is 0.0224. The number of hydrogen-bond acceptors (Lipinski definition) is 4. The monoisotopic (exact) mass is 266 g/mol. The van der Waals surface area contributed by atoms with Crippen LogP contribution in [-0.2, 0) is 4.79 Å². The molecule has 19 heavy (non-hydrogen) atoms. The van der Waals surface area contributed by atoms with Crippen LogP contribution in [0, 0.1) is 5.92 Å². The Balaban J connectivity index is 1.75. The summed E-state index contributed by atoms with van der Waals surface area (Å²) < 4.78 is 4.94. The van der Waals surface area contributed by atoms with E-state index in [1.807, 2.05) is 0 Å². The van der Waals surface area contributed by atoms with E-state index in [4.69, 9.17) is 9.52 Å². The zero-order chi connectivity index (χ0) is 13.7. The van der Waals surface area contributed by atoms with Crippen molar-refractivity contribution in [2.75, 3.05) is 26.2 Å². The van der Waals surface area contributed by atoms with Crippen LogP contribution in [0.4, 0.5) is 0 Å². The minimum atomic E-state index is -0.385. The van der Waals surface area contributed by atoms with E-state index in [1.54, 1.807) is 17.0 Å². The minimum Gasteiger partial charge on any atom is -0.459 e. The molecule has 2 N–H and O–H groups in total. The van der Waals surface area contributed by atoms with E-state index < -0.39 is 0 Å². The number of nitrogens with zero attached hydrogens (tertiary/aromatic N) is 1. The van der Waals surface area contributed by atoms with Gasteiger partial charge in [-0.3, -0.25) is 9.59 Å². The van der Waals surface area contributed by atoms with Crippen molar-refractivity contribution in [3.63, 3.8) is 0 Å². The van der Waals surface area contributed by atoms with E-state index in [0.717, 1.165) is 12.8 Å². The number of rotatable bonds is 5. The second-order valence-electron chi connectivity index (χ2n) is 4.67. The number of hydrogen-bond donors (Lipinski definition) is 2. The Morgan fingerprint density at radius 3 is 3.05 bits per heavy atom. The summed E-state index contributed by atoms with van der Waals surface area (Å²) in [5.74, 6) is 0.0897. The molecule has 1 aromatic heterocycles. The summed E-state index contributed by atoms with van der Waals surface area (Å²) in [7, 11) is 0. The molecule has 0 bridgehead atoms. The largest absolute Gasteiger partial charge is 0.459 e. The Bertz CT molecular complexity index is 430. The topological polar surface area (TPSA) is 82.8 Å². The molecule has 2 heterocycles. The molecule has 1 aromatic rings. The van der Waals surface area contributed by atoms with Crippen LogP contribution in [0.1, 0.15) is 23.4 Å². The van der Waals surface area contributed by atoms with E-state index >= 15 is 0 Å². The SMILES string of the molecule is O=C(NCC(=O)N1CCC(CCO)C1)c1ccco1. The van der Waals surface area contributed by atoms with Crippen molar-refractivity contribution in [3.8, 4) is 0 Å². The predicted octanol–water partition coefficient (Wildman–Crippen LogP) is 0.240. The van der Waals surface area contributed by atoms with Gasteiger partial charge in [-0.15, -0.1) is 0 Å². The Hall–Kier alpha value is -1.82. The van der Waals surface area contributed by atoms with Crippen LogP contribution in [0.2, 0.25) is 0 Å². The van der Waals surface area contributed by atoms with Crippen molar-refractivity contribution >= 4 is 11.8 Å². The highest BCUT2D eigenvalue weighted by molar-refractivity contribution is 5.94. The molecule has 1 saturated heterocycles. The molecular weight excluding hydrogens is 248 g/mol. The predicted molar refractivity (Wildman–Crippen MR) is 67.4 cm³/mol. The molecule has 1 atom stereocenters. The molecule has 0 saturated carbocycles. The number of amides is 2. The second-order valence-corrected chi connectivity index (χ2v) is 4.67. The maximum absolute atomic E-state index is 11.9. The number of carbonyl (C=O) groups is 2. The molecular formula is C13H18N2O4. The van der Waals surface area contributed by atoms with Gasteiger partial charge in [0.2, 0.25) is 5.91 Å². The summed E-state index contributed by atoms with van der Waals surface area (Å²) >= 11 is 0. The highest BCUT2D eigenvalue weighted by Crippen LogP contribution is 2.18. The first-order valence-electron chi connectivity index (χ1n) is 6.41. The lowest BCUT2D eigenvalue weighted by Crippen LogP contribution is -2.39. The van der Waals surface area contributed by atoms with Crippen LogP contribution in [0.3, 0.4) is 0 Å². The van der Waals surface area contributed by atoms with E-state index in [1.165, 1.54) is 6.26 Å². The van der Waals surface area contributed by atoms with Crippen molar-refractivity contribution in [3.05, 3.63) is 24.2 Å². The average molecular weight is 266 g/mol. The summed E-state index contributed by atoms with van der Waals surface area (Å²) in [4.78, 5) is 25.2. The summed E-state index contributed by atoms with van der Waals surface area (Å²) in [5, 5.41) is 11.4. The van der Waals surface area contributed by atoms with E-state index in [0.29, 0.717) is 19.0 Å². The van der Waals surface area contributed by atoms with E-state index in [9.17, 15) is 9.59 Å². The first kappa shape index (κ1) is 13.6. The summed E-state index contributed by atoms with van der Waals surface area (Å²) in [6.07, 6.45) is 3.05. The number of furan rings is 1. The highest BCUT2D eigenvalue weighted by Gasteiger charge is 2.25. The fourth-order valence-corrected chi connectivity index (χ4v) is 2.24. The van der Waals surface area contributed by atoms with Crippen molar-refractivity contribution in [2.45, 2.75) is 12.8 Å². The molecule has 2 rings (SSSR count). The quantitative estimate of drug-likeness (QED) is 0.799. The lowest BCUT2D eigenvalue weighted by Gasteiger charge is -2.16. The zero-order valence-electron chi connectivity index (χ0n) is 10.7. The number of likely N-dealkylation sites (tertiary alicyclic amines) is 1. The third kappa shape index (κ3) is 3.57. The fraction of sp³-hybridized carbons (Fsp3) is 0.538. The molecule has 6 nitrogen and oxygen atoms in total. The van der Waals surface area contributed by atoms with Crippen molar-refractivity contribution in [1.82, 2.24) is 10.2 Å². The van der Waals surface area contributed by atoms with Gasteiger partial charge in [-0.25, -0.2) is 0 Å². The van der Waals surface area contributed by atoms with Gasteiger partial charge in [0.1, 0.15) is 0 Å². The number of carbonyl (C=O) groups excluding carboxylic acids is 2. The van der Waals surface area contributed by atoms with E-state index in [2.05, 4.69) is 5.32 Å². The van der Waals surface area contributed by atoms with Crippen molar-refractivity contribution < 1.29 is 19.1 Å². The molecule has 2 amide bonds. The molecule has 0 aromatic carbocycles. The third-order valence-electron chi connectivity index (χ3n) is 3.32. The van der Waals surface area contributed by atoms with Crippen LogP contribution in [0.25, 0.3) is 0 Å². The second kappa shape index (κ2) is 6.38. The van der Waals surface area contributed by atoms with Crippen LogP contribution in [-0.4, -0.2) is 48.1 Å². The molecule has 6 heteroatoms. The van der Waals surface area contributed by atoms with Crippen LogP contribution < -0.4 is 5.32 Å². The van der Waals surface area contributed by atoms with Crippen molar-refractivity contribution in [1.29, 1.82) is 0 Å². The molecule has 0 radical (unpaired) electrons. The van der Waals surface area contributed by atoms with Gasteiger partial charge < -0.3 is 19.7 Å². The first-order valence-corrected chi connectivity index (χ1v) is 6.41. The summed E-state index contributed by atoms with van der Waals surface area (Å²) in [6.45, 7) is 1.49. The zero-order valence-corrected chi connectivity index (χ0v) is 10.7. The Morgan fingerprint density at radius 2 is 2.37 bits per heavy atom. The first-order chi connectivity index (χ1) is 9.20. The fourth-order valence-electron chi connectivity index (χ4n) is 2.24. The van der Waals surface area contributed by atoms with Gasteiger partial charge in [0.15, 0.2) is 5.76 Å². The Kier molecular flexibility index (Phi) is 4.57. The lowest BCUT2D eigenvalue weighted by molar-refractivity contribution is -0.129. The normalized spacial score (nSPS) is 18.6. The van der Waals surface area contributed by atoms with Gasteiger partial charge >= 0.3 is 0 Å².